The molecule has 21 heteroatoms. The molecule has 0 radical (unpaired) electrons. The van der Waals surface area contributed by atoms with Crippen LogP contribution < -0.4 is 37.2 Å². The van der Waals surface area contributed by atoms with Gasteiger partial charge in [-0.25, -0.2) is 9.59 Å². The first-order valence-electron chi connectivity index (χ1n) is 24.0. The fraction of sp³-hybridized carbons (Fsp3) is 0.462. The minimum Gasteiger partial charge on any atom is -0.480 e. The molecule has 2 aromatic carbocycles. The molecule has 2 aliphatic rings. The molecule has 1 saturated heterocycles. The third-order valence-corrected chi connectivity index (χ3v) is 13.1. The molecule has 394 valence electrons. The highest BCUT2D eigenvalue weighted by molar-refractivity contribution is 6.04. The van der Waals surface area contributed by atoms with Gasteiger partial charge in [-0.05, 0) is 56.7 Å². The largest absolute Gasteiger partial charge is 0.480 e. The van der Waals surface area contributed by atoms with E-state index in [0.29, 0.717) is 17.7 Å². The number of methoxy groups -OCH3 is 1. The molecule has 0 spiro atoms. The lowest BCUT2D eigenvalue weighted by molar-refractivity contribution is -0.146. The van der Waals surface area contributed by atoms with Crippen LogP contribution in [-0.2, 0) is 59.1 Å². The van der Waals surface area contributed by atoms with Crippen LogP contribution in [0.1, 0.15) is 84.3 Å². The number of carbonyl (C=O) groups excluding carboxylic acids is 8. The third kappa shape index (κ3) is 15.9. The molecule has 0 bridgehead atoms. The fourth-order valence-corrected chi connectivity index (χ4v) is 8.31. The number of para-hydroxylation sites is 1. The molecule has 9 N–H and O–H groups in total. The van der Waals surface area contributed by atoms with Crippen molar-refractivity contribution in [3.8, 4) is 0 Å². The van der Waals surface area contributed by atoms with Crippen molar-refractivity contribution in [3.05, 3.63) is 102 Å². The van der Waals surface area contributed by atoms with Crippen molar-refractivity contribution in [3.63, 3.8) is 0 Å². The Morgan fingerprint density at radius 2 is 1.40 bits per heavy atom. The lowest BCUT2D eigenvalue weighted by atomic mass is 9.92. The Hall–Kier alpha value is -7.68. The van der Waals surface area contributed by atoms with Gasteiger partial charge in [-0.2, -0.15) is 0 Å². The zero-order chi connectivity index (χ0) is 54.3. The number of hydrogen-bond acceptors (Lipinski definition) is 11. The van der Waals surface area contributed by atoms with Crippen LogP contribution >= 0.6 is 0 Å². The van der Waals surface area contributed by atoms with E-state index in [4.69, 9.17) is 4.74 Å². The number of nitrogens with one attached hydrogen (secondary N) is 7. The normalized spacial score (nSPS) is 26.6. The van der Waals surface area contributed by atoms with E-state index in [9.17, 15) is 58.2 Å². The Kier molecular flexibility index (Phi) is 21.2. The average Bonchev–Trinajstić information content (AvgIpc) is 3.68. The van der Waals surface area contributed by atoms with Crippen molar-refractivity contribution in [1.82, 2.24) is 36.8 Å². The molecular formula is C52H68N8O13. The van der Waals surface area contributed by atoms with E-state index >= 15 is 0 Å². The number of amides is 8. The maximum Gasteiger partial charge on any atom is 0.327 e. The average molecular weight is 1010 g/mol. The lowest BCUT2D eigenvalue weighted by Gasteiger charge is -2.28. The summed E-state index contributed by atoms with van der Waals surface area (Å²) in [6, 6.07) is 7.27. The van der Waals surface area contributed by atoms with Gasteiger partial charge in [-0.15, -0.1) is 0 Å². The van der Waals surface area contributed by atoms with Gasteiger partial charge in [0, 0.05) is 32.2 Å². The second-order valence-electron chi connectivity index (χ2n) is 18.5. The van der Waals surface area contributed by atoms with Gasteiger partial charge in [-0.3, -0.25) is 38.4 Å². The van der Waals surface area contributed by atoms with Gasteiger partial charge in [-0.1, -0.05) is 107 Å². The van der Waals surface area contributed by atoms with E-state index in [0.717, 1.165) is 16.0 Å². The van der Waals surface area contributed by atoms with Gasteiger partial charge < -0.3 is 57.1 Å². The smallest absolute Gasteiger partial charge is 0.327 e. The molecule has 2 aliphatic heterocycles. The van der Waals surface area contributed by atoms with Crippen LogP contribution in [-0.4, -0.2) is 131 Å². The number of hydrogen-bond donors (Lipinski definition) is 9. The van der Waals surface area contributed by atoms with E-state index in [1.807, 2.05) is 43.3 Å². The first-order chi connectivity index (χ1) is 34.5. The number of carboxylic acids is 2. The van der Waals surface area contributed by atoms with Crippen LogP contribution in [0, 0.1) is 17.8 Å². The van der Waals surface area contributed by atoms with E-state index in [2.05, 4.69) is 43.8 Å². The number of carboxylic acid groups (broad SMARTS) is 2. The summed E-state index contributed by atoms with van der Waals surface area (Å²) in [4.78, 5) is 136. The van der Waals surface area contributed by atoms with Crippen LogP contribution in [0.15, 0.2) is 90.7 Å². The summed E-state index contributed by atoms with van der Waals surface area (Å²) in [5.41, 5.74) is 2.28. The number of anilines is 1. The first-order valence-corrected chi connectivity index (χ1v) is 24.0. The maximum absolute atomic E-state index is 14.1. The third-order valence-electron chi connectivity index (χ3n) is 13.1. The Labute approximate surface area is 424 Å². The summed E-state index contributed by atoms with van der Waals surface area (Å²) in [5.74, 6) is -14.0. The van der Waals surface area contributed by atoms with Gasteiger partial charge in [0.1, 0.15) is 35.9 Å². The number of rotatable bonds is 12. The molecule has 2 heterocycles. The molecule has 11 atom stereocenters. The Balaban J connectivity index is 1.71. The Bertz CT molecular complexity index is 2480. The molecular weight excluding hydrogens is 945 g/mol. The molecule has 1 fully saturated rings. The molecule has 1 unspecified atom stereocenters. The molecule has 0 aliphatic carbocycles. The predicted molar refractivity (Wildman–Crippen MR) is 268 cm³/mol. The van der Waals surface area contributed by atoms with Crippen LogP contribution in [0.5, 0.6) is 0 Å². The fourth-order valence-electron chi connectivity index (χ4n) is 8.31. The zero-order valence-corrected chi connectivity index (χ0v) is 42.4. The van der Waals surface area contributed by atoms with E-state index < -0.39 is 138 Å². The van der Waals surface area contributed by atoms with E-state index in [1.165, 1.54) is 33.9 Å². The molecule has 73 heavy (non-hydrogen) atoms. The second-order valence-corrected chi connectivity index (χ2v) is 18.5. The molecule has 8 amide bonds. The number of ether oxygens (including phenoxy) is 1. The number of allylic oxidation sites excluding steroid dienone is 2. The first kappa shape index (κ1) is 57.9. The summed E-state index contributed by atoms with van der Waals surface area (Å²) in [6.07, 6.45) is 4.19. The van der Waals surface area contributed by atoms with Gasteiger partial charge in [0.15, 0.2) is 0 Å². The number of likely N-dealkylation sites (N-methyl/N-ethyl adjacent to an activating group) is 1. The monoisotopic (exact) mass is 1010 g/mol. The van der Waals surface area contributed by atoms with Crippen molar-refractivity contribution in [2.75, 3.05) is 19.5 Å². The number of benzene rings is 2. The Morgan fingerprint density at radius 1 is 0.781 bits per heavy atom. The molecule has 0 aromatic heterocycles. The number of aliphatic carboxylic acids is 2. The standard InChI is InChI=1S/C52H68N8O13/c1-10-36-49(67)55-37(21-20-27(2)24-28(3)41(73-9)25-33-16-12-11-13-17-33)29(4)44(62)57-39(51(69)70)22-23-42(61)60(8)32(7)47(65)53-31(6)46(64)58-40(26-35-34-18-14-15-19-38(34)56-48(35)66)50(68)59-43(52(71)72)30(5)45(63)54-36/h11-21,24,28-31,35-37,39-41,43H,7,10,22-23,25-26H2,1-6,8-9H3,(H,53,65)(H,54,63)(H,55,67)(H,56,66)(H,57,62)(H,58,64)(H,59,68)(H,69,70)(H,71,72)/b21-20+,27-24+/t28-,29-,30-,31+,35?,36-,37-,39+,40-,41-,43+/m0/s1. The van der Waals surface area contributed by atoms with Gasteiger partial charge >= 0.3 is 11.9 Å². The quantitative estimate of drug-likeness (QED) is 0.109. The van der Waals surface area contributed by atoms with Crippen LogP contribution in [0.2, 0.25) is 0 Å². The minimum atomic E-state index is -1.95. The molecule has 4 rings (SSSR count). The highest BCUT2D eigenvalue weighted by Gasteiger charge is 2.40. The van der Waals surface area contributed by atoms with Gasteiger partial charge in [0.25, 0.3) is 5.91 Å². The maximum atomic E-state index is 14.1. The van der Waals surface area contributed by atoms with E-state index in [-0.39, 0.29) is 18.4 Å². The number of nitrogens with zero attached hydrogens (tertiary/aromatic N) is 1. The highest BCUT2D eigenvalue weighted by atomic mass is 16.5. The zero-order valence-electron chi connectivity index (χ0n) is 42.4. The minimum absolute atomic E-state index is 0.0363. The molecule has 0 saturated carbocycles. The predicted octanol–water partition coefficient (Wildman–Crippen LogP) is 2.05. The lowest BCUT2D eigenvalue weighted by Crippen LogP contribution is -2.59. The van der Waals surface area contributed by atoms with Crippen LogP contribution in [0.4, 0.5) is 5.69 Å². The topological polar surface area (TPSA) is 308 Å². The number of fused-ring (bicyclic) bond motifs is 1. The van der Waals surface area contributed by atoms with E-state index in [1.54, 1.807) is 51.3 Å². The summed E-state index contributed by atoms with van der Waals surface area (Å²) in [7, 11) is 2.81. The van der Waals surface area contributed by atoms with Crippen molar-refractivity contribution in [2.24, 2.45) is 17.8 Å². The summed E-state index contributed by atoms with van der Waals surface area (Å²) < 4.78 is 5.81. The summed E-state index contributed by atoms with van der Waals surface area (Å²) in [5, 5.41) is 38.1. The van der Waals surface area contributed by atoms with Crippen molar-refractivity contribution in [2.45, 2.75) is 122 Å². The van der Waals surface area contributed by atoms with Crippen molar-refractivity contribution < 1.29 is 62.9 Å². The van der Waals surface area contributed by atoms with Crippen LogP contribution in [0.25, 0.3) is 0 Å². The number of carbonyl (C=O) groups is 10. The molecule has 21 nitrogen and oxygen atoms in total. The molecule has 2 aromatic rings. The SMILES string of the molecule is C=C1C(=O)N[C@H](C)C(=O)N[C@@H](CC2C(=O)Nc3ccccc32)C(=O)N[C@@H](C(=O)O)[C@H](C)C(=O)N[C@@H](CC)C(=O)N[C@@H](/C=C/C(C)=C/[C@H](C)[C@H](Cc2ccccc2)OC)[C@H](C)C(=O)N[C@@H](C(=O)O)CCC(=O)N1C. The van der Waals surface area contributed by atoms with Gasteiger partial charge in [0.05, 0.1) is 29.9 Å². The van der Waals surface area contributed by atoms with Crippen molar-refractivity contribution >= 4 is 64.9 Å². The summed E-state index contributed by atoms with van der Waals surface area (Å²) >= 11 is 0. The van der Waals surface area contributed by atoms with Crippen molar-refractivity contribution in [1.29, 1.82) is 0 Å². The van der Waals surface area contributed by atoms with Gasteiger partial charge in [0.2, 0.25) is 41.4 Å². The Morgan fingerprint density at radius 3 is 2.03 bits per heavy atom. The summed E-state index contributed by atoms with van der Waals surface area (Å²) in [6.45, 7) is 12.9. The second kappa shape index (κ2) is 26.7. The van der Waals surface area contributed by atoms with Crippen LogP contribution in [0.3, 0.4) is 0 Å². The highest BCUT2D eigenvalue weighted by Crippen LogP contribution is 2.35.